The van der Waals surface area contributed by atoms with Gasteiger partial charge in [-0.3, -0.25) is 0 Å². The highest BCUT2D eigenvalue weighted by Crippen LogP contribution is 2.15. The summed E-state index contributed by atoms with van der Waals surface area (Å²) in [6.45, 7) is 3.06. The number of carbonyl (C=O) groups excluding carboxylic acids is 1. The Morgan fingerprint density at radius 2 is 2.00 bits per heavy atom. The molecule has 0 spiro atoms. The number of benzene rings is 2. The predicted molar refractivity (Wildman–Crippen MR) is 101 cm³/mol. The molecule has 1 atom stereocenters. The first kappa shape index (κ1) is 19.5. The Bertz CT molecular complexity index is 887. The lowest BCUT2D eigenvalue weighted by Gasteiger charge is -2.11. The fraction of sp³-hybridized carbons (Fsp3) is 0.350. The normalized spacial score (nSPS) is 17.0. The number of aryl methyl sites for hydroxylation is 1. The number of rotatable bonds is 7. The second-order valence-electron chi connectivity index (χ2n) is 6.58. The largest absolute Gasteiger partial charge is 0.457 e. The number of hydrogen-bond acceptors (Lipinski definition) is 5. The van der Waals surface area contributed by atoms with Gasteiger partial charge < -0.3 is 9.47 Å². The van der Waals surface area contributed by atoms with Gasteiger partial charge in [-0.15, -0.1) is 0 Å². The molecule has 3 rings (SSSR count). The number of ether oxygens (including phenoxy) is 2. The van der Waals surface area contributed by atoms with Gasteiger partial charge in [0.1, 0.15) is 6.61 Å². The van der Waals surface area contributed by atoms with Crippen LogP contribution in [-0.2, 0) is 26.1 Å². The van der Waals surface area contributed by atoms with E-state index >= 15 is 0 Å². The highest BCUT2D eigenvalue weighted by molar-refractivity contribution is 7.89. The molecule has 144 valence electrons. The highest BCUT2D eigenvalue weighted by Gasteiger charge is 2.20. The van der Waals surface area contributed by atoms with Gasteiger partial charge in [-0.2, -0.15) is 0 Å². The Morgan fingerprint density at radius 3 is 2.67 bits per heavy atom. The molecule has 27 heavy (non-hydrogen) atoms. The summed E-state index contributed by atoms with van der Waals surface area (Å²) in [5, 5.41) is 0. The van der Waals surface area contributed by atoms with Crippen LogP contribution < -0.4 is 4.72 Å². The van der Waals surface area contributed by atoms with Crippen molar-refractivity contribution >= 4 is 16.0 Å². The van der Waals surface area contributed by atoms with Crippen molar-refractivity contribution in [2.24, 2.45) is 0 Å². The van der Waals surface area contributed by atoms with Gasteiger partial charge in [0.15, 0.2) is 0 Å². The fourth-order valence-electron chi connectivity index (χ4n) is 2.90. The van der Waals surface area contributed by atoms with Crippen LogP contribution in [0.4, 0.5) is 0 Å². The second kappa shape index (κ2) is 8.65. The Morgan fingerprint density at radius 1 is 1.22 bits per heavy atom. The van der Waals surface area contributed by atoms with E-state index in [0.717, 1.165) is 24.0 Å². The fourth-order valence-corrected chi connectivity index (χ4v) is 3.96. The van der Waals surface area contributed by atoms with Crippen molar-refractivity contribution in [3.63, 3.8) is 0 Å². The maximum Gasteiger partial charge on any atom is 0.338 e. The average molecular weight is 389 g/mol. The number of hydrogen-bond donors (Lipinski definition) is 1. The minimum atomic E-state index is -3.63. The van der Waals surface area contributed by atoms with Gasteiger partial charge in [0.2, 0.25) is 10.0 Å². The lowest BCUT2D eigenvalue weighted by Crippen LogP contribution is -2.31. The zero-order valence-electron chi connectivity index (χ0n) is 15.2. The van der Waals surface area contributed by atoms with Gasteiger partial charge in [0, 0.05) is 13.2 Å². The lowest BCUT2D eigenvalue weighted by molar-refractivity contribution is 0.0472. The number of esters is 1. The Kier molecular flexibility index (Phi) is 6.26. The summed E-state index contributed by atoms with van der Waals surface area (Å²) in [4.78, 5) is 12.3. The van der Waals surface area contributed by atoms with Crippen LogP contribution in [0.5, 0.6) is 0 Å². The van der Waals surface area contributed by atoms with Crippen LogP contribution >= 0.6 is 0 Å². The Hall–Kier alpha value is -2.22. The first-order valence-electron chi connectivity index (χ1n) is 8.88. The molecule has 0 aromatic heterocycles. The van der Waals surface area contributed by atoms with Crippen LogP contribution in [0, 0.1) is 6.92 Å². The molecule has 0 saturated carbocycles. The van der Waals surface area contributed by atoms with Crippen molar-refractivity contribution in [1.29, 1.82) is 0 Å². The zero-order chi connectivity index (χ0) is 19.3. The molecule has 0 aliphatic carbocycles. The number of nitrogens with one attached hydrogen (secondary N) is 1. The molecule has 1 N–H and O–H groups in total. The quantitative estimate of drug-likeness (QED) is 0.737. The van der Waals surface area contributed by atoms with Gasteiger partial charge in [-0.1, -0.05) is 29.8 Å². The highest BCUT2D eigenvalue weighted by atomic mass is 32.2. The van der Waals surface area contributed by atoms with Crippen LogP contribution in [0.2, 0.25) is 0 Å². The molecular formula is C20H23NO5S. The van der Waals surface area contributed by atoms with Gasteiger partial charge in [0.25, 0.3) is 0 Å². The molecule has 1 aliphatic heterocycles. The van der Waals surface area contributed by atoms with Crippen LogP contribution in [-0.4, -0.2) is 33.6 Å². The monoisotopic (exact) mass is 389 g/mol. The molecule has 0 bridgehead atoms. The molecule has 1 aliphatic rings. The van der Waals surface area contributed by atoms with E-state index < -0.39 is 16.0 Å². The molecule has 6 nitrogen and oxygen atoms in total. The minimum Gasteiger partial charge on any atom is -0.457 e. The van der Waals surface area contributed by atoms with E-state index in [1.54, 1.807) is 0 Å². The molecule has 0 amide bonds. The molecule has 2 aromatic carbocycles. The maximum absolute atomic E-state index is 12.3. The van der Waals surface area contributed by atoms with E-state index in [2.05, 4.69) is 4.72 Å². The Labute approximate surface area is 159 Å². The van der Waals surface area contributed by atoms with Crippen molar-refractivity contribution in [1.82, 2.24) is 4.72 Å². The van der Waals surface area contributed by atoms with Gasteiger partial charge in [0.05, 0.1) is 16.6 Å². The van der Waals surface area contributed by atoms with Crippen LogP contribution in [0.25, 0.3) is 0 Å². The zero-order valence-corrected chi connectivity index (χ0v) is 16.0. The third kappa shape index (κ3) is 5.38. The van der Waals surface area contributed by atoms with E-state index in [1.807, 2.05) is 31.2 Å². The summed E-state index contributed by atoms with van der Waals surface area (Å²) in [5.74, 6) is -0.493. The molecule has 0 radical (unpaired) electrons. The molecule has 1 fully saturated rings. The number of carbonyl (C=O) groups is 1. The second-order valence-corrected chi connectivity index (χ2v) is 8.34. The summed E-state index contributed by atoms with van der Waals surface area (Å²) in [5.41, 5.74) is 2.30. The van der Waals surface area contributed by atoms with E-state index in [4.69, 9.17) is 9.47 Å². The van der Waals surface area contributed by atoms with Crippen molar-refractivity contribution in [2.45, 2.75) is 37.4 Å². The topological polar surface area (TPSA) is 81.7 Å². The third-order valence-electron chi connectivity index (χ3n) is 4.38. The molecular weight excluding hydrogens is 366 g/mol. The van der Waals surface area contributed by atoms with E-state index in [0.29, 0.717) is 12.2 Å². The molecule has 1 unspecified atom stereocenters. The summed E-state index contributed by atoms with van der Waals surface area (Å²) < 4.78 is 37.9. The van der Waals surface area contributed by atoms with Gasteiger partial charge in [-0.25, -0.2) is 17.9 Å². The van der Waals surface area contributed by atoms with E-state index in [1.165, 1.54) is 24.3 Å². The Balaban J connectivity index is 1.57. The maximum atomic E-state index is 12.3. The summed E-state index contributed by atoms with van der Waals surface area (Å²) in [7, 11) is -3.63. The van der Waals surface area contributed by atoms with E-state index in [9.17, 15) is 13.2 Å². The van der Waals surface area contributed by atoms with Crippen LogP contribution in [0.3, 0.4) is 0 Å². The van der Waals surface area contributed by atoms with Crippen LogP contribution in [0.1, 0.15) is 34.3 Å². The predicted octanol–water partition coefficient (Wildman–Crippen LogP) is 2.81. The molecule has 1 saturated heterocycles. The van der Waals surface area contributed by atoms with Crippen molar-refractivity contribution in [3.05, 3.63) is 65.2 Å². The lowest BCUT2D eigenvalue weighted by atomic mass is 10.1. The standard InChI is InChI=1S/C20H23NO5S/c1-15-4-2-5-16(12-15)14-26-20(22)17-7-9-19(10-8-17)27(23,24)21-13-18-6-3-11-25-18/h2,4-5,7-10,12,18,21H,3,6,11,13-14H2,1H3. The average Bonchev–Trinajstić information content (AvgIpc) is 3.18. The molecule has 1 heterocycles. The van der Waals surface area contributed by atoms with Crippen LogP contribution in [0.15, 0.2) is 53.4 Å². The number of sulfonamides is 1. The van der Waals surface area contributed by atoms with Crippen molar-refractivity contribution in [3.8, 4) is 0 Å². The summed E-state index contributed by atoms with van der Waals surface area (Å²) in [6, 6.07) is 13.4. The van der Waals surface area contributed by atoms with Gasteiger partial charge >= 0.3 is 5.97 Å². The summed E-state index contributed by atoms with van der Waals surface area (Å²) >= 11 is 0. The van der Waals surface area contributed by atoms with Crippen molar-refractivity contribution in [2.75, 3.05) is 13.2 Å². The van der Waals surface area contributed by atoms with Gasteiger partial charge in [-0.05, 0) is 49.6 Å². The molecule has 2 aromatic rings. The minimum absolute atomic E-state index is 0.0735. The SMILES string of the molecule is Cc1cccc(COC(=O)c2ccc(S(=O)(=O)NCC3CCCO3)cc2)c1. The third-order valence-corrected chi connectivity index (χ3v) is 5.82. The van der Waals surface area contributed by atoms with Crippen molar-refractivity contribution < 1.29 is 22.7 Å². The first-order valence-corrected chi connectivity index (χ1v) is 10.4. The first-order chi connectivity index (χ1) is 12.9. The summed E-state index contributed by atoms with van der Waals surface area (Å²) in [6.07, 6.45) is 1.73. The molecule has 7 heteroatoms. The van der Waals surface area contributed by atoms with E-state index in [-0.39, 0.29) is 24.2 Å². The smallest absolute Gasteiger partial charge is 0.338 e.